The third-order valence-electron chi connectivity index (χ3n) is 5.09. The van der Waals surface area contributed by atoms with Gasteiger partial charge in [0, 0.05) is 30.3 Å². The second kappa shape index (κ2) is 10.8. The number of carbonyl (C=O) groups is 1. The number of hydroxylamine groups is 1. The van der Waals surface area contributed by atoms with E-state index in [9.17, 15) is 4.79 Å². The Hall–Kier alpha value is -2.60. The molecule has 0 saturated heterocycles. The van der Waals surface area contributed by atoms with Crippen molar-refractivity contribution in [1.82, 2.24) is 15.5 Å². The smallest absolute Gasteiger partial charge is 0.296 e. The first-order chi connectivity index (χ1) is 13.6. The van der Waals surface area contributed by atoms with Crippen LogP contribution in [-0.4, -0.2) is 33.3 Å². The van der Waals surface area contributed by atoms with Gasteiger partial charge in [-0.3, -0.25) is 10.0 Å². The van der Waals surface area contributed by atoms with Crippen LogP contribution >= 0.6 is 0 Å². The summed E-state index contributed by atoms with van der Waals surface area (Å²) >= 11 is 0. The number of hydrogen-bond donors (Lipinski definition) is 2. The van der Waals surface area contributed by atoms with Gasteiger partial charge < -0.3 is 9.42 Å². The van der Waals surface area contributed by atoms with Crippen LogP contribution < -0.4 is 5.48 Å². The SMILES string of the molecule is C=C/C(C)=C(\C=C)N(CC(C)C=C)C(C)(C)CC(C)Cc1cc(C(=O)NO)no1. The first-order valence-electron chi connectivity index (χ1n) is 9.85. The molecule has 0 aliphatic carbocycles. The minimum atomic E-state index is -0.682. The van der Waals surface area contributed by atoms with Gasteiger partial charge in [0.15, 0.2) is 5.69 Å². The van der Waals surface area contributed by atoms with Crippen LogP contribution in [0.5, 0.6) is 0 Å². The van der Waals surface area contributed by atoms with Crippen LogP contribution in [0.2, 0.25) is 0 Å². The van der Waals surface area contributed by atoms with Gasteiger partial charge in [-0.05, 0) is 50.7 Å². The number of aromatic nitrogens is 1. The lowest BCUT2D eigenvalue weighted by molar-refractivity contribution is 0.0696. The number of amides is 1. The Bertz CT molecular complexity index is 761. The van der Waals surface area contributed by atoms with Gasteiger partial charge in [0.25, 0.3) is 5.91 Å². The first kappa shape index (κ1) is 24.4. The van der Waals surface area contributed by atoms with Crippen LogP contribution in [0.4, 0.5) is 0 Å². The summed E-state index contributed by atoms with van der Waals surface area (Å²) < 4.78 is 5.25. The van der Waals surface area contributed by atoms with Gasteiger partial charge >= 0.3 is 0 Å². The Labute approximate surface area is 174 Å². The molecule has 1 amide bonds. The molecule has 2 unspecified atom stereocenters. The largest absolute Gasteiger partial charge is 0.366 e. The normalized spacial score (nSPS) is 14.4. The van der Waals surface area contributed by atoms with Gasteiger partial charge in [-0.1, -0.05) is 44.3 Å². The van der Waals surface area contributed by atoms with Crippen molar-refractivity contribution < 1.29 is 14.5 Å². The van der Waals surface area contributed by atoms with Crippen LogP contribution in [0.3, 0.4) is 0 Å². The van der Waals surface area contributed by atoms with Crippen molar-refractivity contribution in [3.05, 3.63) is 66.8 Å². The Kier molecular flexibility index (Phi) is 9.11. The monoisotopic (exact) mass is 401 g/mol. The number of nitrogens with one attached hydrogen (secondary N) is 1. The van der Waals surface area contributed by atoms with Gasteiger partial charge in [-0.25, -0.2) is 5.48 Å². The van der Waals surface area contributed by atoms with Crippen molar-refractivity contribution in [3.8, 4) is 0 Å². The molecule has 6 nitrogen and oxygen atoms in total. The van der Waals surface area contributed by atoms with Crippen LogP contribution in [0.25, 0.3) is 0 Å². The van der Waals surface area contributed by atoms with Crippen LogP contribution in [-0.2, 0) is 6.42 Å². The Morgan fingerprint density at radius 3 is 2.52 bits per heavy atom. The molecule has 160 valence electrons. The summed E-state index contributed by atoms with van der Waals surface area (Å²) in [6.07, 6.45) is 7.20. The molecule has 6 heteroatoms. The summed E-state index contributed by atoms with van der Waals surface area (Å²) in [5, 5.41) is 12.4. The number of carbonyl (C=O) groups excluding carboxylic acids is 1. The number of rotatable bonds is 12. The van der Waals surface area contributed by atoms with E-state index in [1.165, 1.54) is 0 Å². The molecule has 0 aromatic carbocycles. The summed E-state index contributed by atoms with van der Waals surface area (Å²) in [7, 11) is 0. The van der Waals surface area contributed by atoms with E-state index in [2.05, 4.69) is 57.5 Å². The highest BCUT2D eigenvalue weighted by Crippen LogP contribution is 2.32. The molecule has 0 radical (unpaired) electrons. The Morgan fingerprint density at radius 1 is 1.34 bits per heavy atom. The highest BCUT2D eigenvalue weighted by Gasteiger charge is 2.31. The molecule has 0 bridgehead atoms. The van der Waals surface area contributed by atoms with E-state index in [-0.39, 0.29) is 17.2 Å². The molecule has 2 N–H and O–H groups in total. The van der Waals surface area contributed by atoms with E-state index in [0.717, 1.165) is 24.2 Å². The third kappa shape index (κ3) is 6.75. The lowest BCUT2D eigenvalue weighted by Gasteiger charge is -2.44. The summed E-state index contributed by atoms with van der Waals surface area (Å²) in [4.78, 5) is 13.8. The van der Waals surface area contributed by atoms with Crippen molar-refractivity contribution in [3.63, 3.8) is 0 Å². The van der Waals surface area contributed by atoms with Crippen molar-refractivity contribution in [2.45, 2.75) is 53.0 Å². The average molecular weight is 402 g/mol. The molecule has 1 rings (SSSR count). The summed E-state index contributed by atoms with van der Waals surface area (Å²) in [6.45, 7) is 23.4. The molecule has 0 aliphatic rings. The highest BCUT2D eigenvalue weighted by atomic mass is 16.5. The van der Waals surface area contributed by atoms with Gasteiger partial charge in [0.05, 0.1) is 0 Å². The zero-order chi connectivity index (χ0) is 22.2. The minimum Gasteiger partial charge on any atom is -0.366 e. The van der Waals surface area contributed by atoms with E-state index in [0.29, 0.717) is 18.1 Å². The molecule has 1 heterocycles. The number of allylic oxidation sites excluding steroid dienone is 3. The maximum Gasteiger partial charge on any atom is 0.296 e. The molecule has 2 atom stereocenters. The maximum atomic E-state index is 11.4. The lowest BCUT2D eigenvalue weighted by atomic mass is 9.86. The fourth-order valence-electron chi connectivity index (χ4n) is 3.57. The molecule has 0 spiro atoms. The number of nitrogens with zero attached hydrogens (tertiary/aromatic N) is 2. The zero-order valence-electron chi connectivity index (χ0n) is 18.4. The van der Waals surface area contributed by atoms with Crippen molar-refractivity contribution in [2.75, 3.05) is 6.54 Å². The molecule has 29 heavy (non-hydrogen) atoms. The summed E-state index contributed by atoms with van der Waals surface area (Å²) in [6, 6.07) is 1.56. The van der Waals surface area contributed by atoms with E-state index >= 15 is 0 Å². The fourth-order valence-corrected chi connectivity index (χ4v) is 3.57. The molecule has 0 aliphatic heterocycles. The van der Waals surface area contributed by atoms with Crippen LogP contribution in [0, 0.1) is 11.8 Å². The van der Waals surface area contributed by atoms with Crippen molar-refractivity contribution >= 4 is 5.91 Å². The maximum absolute atomic E-state index is 11.4. The lowest BCUT2D eigenvalue weighted by Crippen LogP contribution is -2.46. The third-order valence-corrected chi connectivity index (χ3v) is 5.09. The quantitative estimate of drug-likeness (QED) is 0.225. The number of hydrogen-bond acceptors (Lipinski definition) is 5. The van der Waals surface area contributed by atoms with Crippen LogP contribution in [0.1, 0.15) is 57.3 Å². The molecular weight excluding hydrogens is 366 g/mol. The molecular formula is C23H35N3O3. The van der Waals surface area contributed by atoms with Crippen LogP contribution in [0.15, 0.2) is 59.8 Å². The second-order valence-corrected chi connectivity index (χ2v) is 8.25. The topological polar surface area (TPSA) is 78.6 Å². The first-order valence-corrected chi connectivity index (χ1v) is 9.85. The Balaban J connectivity index is 3.04. The van der Waals surface area contributed by atoms with E-state index < -0.39 is 5.91 Å². The summed E-state index contributed by atoms with van der Waals surface area (Å²) in [5.74, 6) is 0.503. The van der Waals surface area contributed by atoms with Gasteiger partial charge in [-0.15, -0.1) is 6.58 Å². The zero-order valence-corrected chi connectivity index (χ0v) is 18.4. The predicted octanol–water partition coefficient (Wildman–Crippen LogP) is 4.91. The fraction of sp³-hybridized carbons (Fsp3) is 0.478. The molecule has 1 aromatic rings. The minimum absolute atomic E-state index is 0.0638. The van der Waals surface area contributed by atoms with Gasteiger partial charge in [-0.2, -0.15) is 0 Å². The van der Waals surface area contributed by atoms with E-state index in [1.54, 1.807) is 11.5 Å². The molecule has 0 saturated carbocycles. The molecule has 0 fully saturated rings. The van der Waals surface area contributed by atoms with Crippen molar-refractivity contribution in [1.29, 1.82) is 0 Å². The van der Waals surface area contributed by atoms with E-state index in [4.69, 9.17) is 9.73 Å². The van der Waals surface area contributed by atoms with Crippen molar-refractivity contribution in [2.24, 2.45) is 11.8 Å². The summed E-state index contributed by atoms with van der Waals surface area (Å²) in [5.41, 5.74) is 3.59. The molecule has 1 aromatic heterocycles. The van der Waals surface area contributed by atoms with E-state index in [1.807, 2.05) is 25.2 Å². The highest BCUT2D eigenvalue weighted by molar-refractivity contribution is 5.91. The van der Waals surface area contributed by atoms with Gasteiger partial charge in [0.2, 0.25) is 0 Å². The standard InChI is InChI=1S/C23H35N3O3/c1-9-16(4)15-26(21(11-3)18(6)10-2)23(7,8)14-17(5)12-19-13-20(25-29-19)22(27)24-28/h9-11,13,16-17,28H,1-3,12,14-15H2,4-8H3,(H,24,27)/b21-18+. The predicted molar refractivity (Wildman–Crippen MR) is 116 cm³/mol. The second-order valence-electron chi connectivity index (χ2n) is 8.25. The van der Waals surface area contributed by atoms with Gasteiger partial charge in [0.1, 0.15) is 5.76 Å². The average Bonchev–Trinajstić information content (AvgIpc) is 3.14. The Morgan fingerprint density at radius 2 is 2.00 bits per heavy atom.